The Balaban J connectivity index is 2.03. The van der Waals surface area contributed by atoms with Gasteiger partial charge in [-0.15, -0.1) is 11.3 Å². The molecule has 1 aromatic carbocycles. The van der Waals surface area contributed by atoms with Crippen molar-refractivity contribution < 1.29 is 4.79 Å². The lowest BCUT2D eigenvalue weighted by Crippen LogP contribution is -2.36. The lowest BCUT2D eigenvalue weighted by molar-refractivity contribution is 0.0985. The Morgan fingerprint density at radius 3 is 2.89 bits per heavy atom. The number of carbonyl (C=O) groups is 1. The van der Waals surface area contributed by atoms with Gasteiger partial charge in [-0.3, -0.25) is 4.79 Å². The Bertz CT molecular complexity index is 623. The molecule has 0 aliphatic carbocycles. The summed E-state index contributed by atoms with van der Waals surface area (Å²) in [6.07, 6.45) is 0.819. The van der Waals surface area contributed by atoms with Gasteiger partial charge >= 0.3 is 0 Å². The fourth-order valence-corrected chi connectivity index (χ4v) is 3.34. The lowest BCUT2D eigenvalue weighted by Gasteiger charge is -2.27. The molecule has 0 bridgehead atoms. The van der Waals surface area contributed by atoms with Gasteiger partial charge in [0.15, 0.2) is 0 Å². The number of fused-ring (bicyclic) bond motifs is 1. The van der Waals surface area contributed by atoms with Crippen LogP contribution in [0.1, 0.15) is 15.2 Å². The Hall–Kier alpha value is -1.52. The molecule has 1 aliphatic heterocycles. The summed E-state index contributed by atoms with van der Waals surface area (Å²) in [5, 5.41) is 1.29. The minimum atomic E-state index is -0.00829. The molecule has 1 amide bonds. The summed E-state index contributed by atoms with van der Waals surface area (Å²) in [4.78, 5) is 14.9. The van der Waals surface area contributed by atoms with Crippen LogP contribution in [0.2, 0.25) is 5.02 Å². The van der Waals surface area contributed by atoms with Gasteiger partial charge in [0.25, 0.3) is 5.91 Å². The fraction of sp³-hybridized carbons (Fsp3) is 0.154. The molecule has 0 unspecified atom stereocenters. The van der Waals surface area contributed by atoms with Crippen molar-refractivity contribution in [2.75, 3.05) is 17.2 Å². The zero-order chi connectivity index (χ0) is 12.7. The lowest BCUT2D eigenvalue weighted by atomic mass is 10.1. The van der Waals surface area contributed by atoms with E-state index in [1.807, 2.05) is 24.3 Å². The molecule has 92 valence electrons. The Morgan fingerprint density at radius 1 is 1.33 bits per heavy atom. The van der Waals surface area contributed by atoms with Crippen LogP contribution in [0.5, 0.6) is 0 Å². The number of anilines is 2. The number of rotatable bonds is 1. The van der Waals surface area contributed by atoms with Crippen LogP contribution in [-0.2, 0) is 6.42 Å². The van der Waals surface area contributed by atoms with Crippen molar-refractivity contribution in [2.24, 2.45) is 0 Å². The van der Waals surface area contributed by atoms with Gasteiger partial charge in [-0.25, -0.2) is 0 Å². The number of carbonyl (C=O) groups excluding carboxylic acids is 1. The summed E-state index contributed by atoms with van der Waals surface area (Å²) in [5.74, 6) is -0.00829. The molecule has 2 aromatic rings. The van der Waals surface area contributed by atoms with Gasteiger partial charge in [0.2, 0.25) is 0 Å². The molecule has 0 saturated heterocycles. The number of benzene rings is 1. The van der Waals surface area contributed by atoms with Crippen molar-refractivity contribution in [1.29, 1.82) is 0 Å². The van der Waals surface area contributed by atoms with Gasteiger partial charge in [-0.05, 0) is 30.2 Å². The number of nitrogens with zero attached hydrogens (tertiary/aromatic N) is 1. The van der Waals surface area contributed by atoms with Gasteiger partial charge in [-0.1, -0.05) is 23.7 Å². The van der Waals surface area contributed by atoms with Gasteiger partial charge in [0, 0.05) is 6.54 Å². The first kappa shape index (κ1) is 11.6. The van der Waals surface area contributed by atoms with Crippen LogP contribution >= 0.6 is 22.9 Å². The highest BCUT2D eigenvalue weighted by Crippen LogP contribution is 2.34. The van der Waals surface area contributed by atoms with Crippen LogP contribution in [0.15, 0.2) is 30.3 Å². The van der Waals surface area contributed by atoms with E-state index in [2.05, 4.69) is 0 Å². The summed E-state index contributed by atoms with van der Waals surface area (Å²) < 4.78 is 0. The fourth-order valence-electron chi connectivity index (χ4n) is 2.17. The second kappa shape index (κ2) is 4.30. The predicted molar refractivity (Wildman–Crippen MR) is 75.6 cm³/mol. The molecule has 0 radical (unpaired) electrons. The second-order valence-electron chi connectivity index (χ2n) is 4.16. The number of hydrogen-bond donors (Lipinski definition) is 1. The van der Waals surface area contributed by atoms with Gasteiger partial charge < -0.3 is 10.6 Å². The summed E-state index contributed by atoms with van der Waals surface area (Å²) in [5.41, 5.74) is 7.57. The molecule has 1 aromatic heterocycles. The molecule has 2 heterocycles. The molecule has 0 atom stereocenters. The zero-order valence-electron chi connectivity index (χ0n) is 9.52. The third kappa shape index (κ3) is 1.78. The van der Waals surface area contributed by atoms with Crippen LogP contribution in [0.25, 0.3) is 0 Å². The monoisotopic (exact) mass is 278 g/mol. The Labute approximate surface area is 114 Å². The van der Waals surface area contributed by atoms with Crippen LogP contribution in [0, 0.1) is 0 Å². The molecular weight excluding hydrogens is 268 g/mol. The highest BCUT2D eigenvalue weighted by Gasteiger charge is 2.28. The van der Waals surface area contributed by atoms with E-state index in [0.717, 1.165) is 22.5 Å². The number of para-hydroxylation sites is 1. The summed E-state index contributed by atoms with van der Waals surface area (Å²) >= 11 is 7.49. The molecule has 3 rings (SSSR count). The van der Waals surface area contributed by atoms with Crippen molar-refractivity contribution in [3.63, 3.8) is 0 Å². The third-order valence-electron chi connectivity index (χ3n) is 3.02. The predicted octanol–water partition coefficient (Wildman–Crippen LogP) is 3.19. The standard InChI is InChI=1S/C13H11ClN2OS/c14-9-3-1-2-4-10(9)16-6-5-8-7-11(15)18-12(8)13(16)17/h1-4,7H,5-6,15H2. The first-order valence-corrected chi connectivity index (χ1v) is 6.81. The molecule has 3 nitrogen and oxygen atoms in total. The van der Waals surface area contributed by atoms with Crippen LogP contribution in [0.4, 0.5) is 10.7 Å². The summed E-state index contributed by atoms with van der Waals surface area (Å²) in [6.45, 7) is 0.645. The van der Waals surface area contributed by atoms with Crippen molar-refractivity contribution in [1.82, 2.24) is 0 Å². The van der Waals surface area contributed by atoms with E-state index in [1.165, 1.54) is 11.3 Å². The zero-order valence-corrected chi connectivity index (χ0v) is 11.1. The third-order valence-corrected chi connectivity index (χ3v) is 4.33. The van der Waals surface area contributed by atoms with E-state index < -0.39 is 0 Å². The van der Waals surface area contributed by atoms with Crippen LogP contribution in [-0.4, -0.2) is 12.5 Å². The minimum absolute atomic E-state index is 0.00829. The van der Waals surface area contributed by atoms with Crippen molar-refractivity contribution >= 4 is 39.5 Å². The number of nitrogens with two attached hydrogens (primary N) is 1. The molecule has 18 heavy (non-hydrogen) atoms. The van der Waals surface area contributed by atoms with E-state index in [-0.39, 0.29) is 5.91 Å². The van der Waals surface area contributed by atoms with E-state index in [0.29, 0.717) is 16.6 Å². The molecule has 0 spiro atoms. The first-order chi connectivity index (χ1) is 8.66. The molecule has 0 fully saturated rings. The molecule has 1 aliphatic rings. The van der Waals surface area contributed by atoms with E-state index in [4.69, 9.17) is 17.3 Å². The smallest absolute Gasteiger partial charge is 0.268 e. The van der Waals surface area contributed by atoms with Crippen molar-refractivity contribution in [2.45, 2.75) is 6.42 Å². The summed E-state index contributed by atoms with van der Waals surface area (Å²) in [7, 11) is 0. The Kier molecular flexibility index (Phi) is 2.76. The van der Waals surface area contributed by atoms with Crippen molar-refractivity contribution in [3.05, 3.63) is 45.8 Å². The highest BCUT2D eigenvalue weighted by molar-refractivity contribution is 7.18. The number of hydrogen-bond acceptors (Lipinski definition) is 3. The Morgan fingerprint density at radius 2 is 2.11 bits per heavy atom. The average molecular weight is 279 g/mol. The minimum Gasteiger partial charge on any atom is -0.391 e. The maximum absolute atomic E-state index is 12.4. The normalized spacial score (nSPS) is 14.7. The maximum atomic E-state index is 12.4. The molecule has 2 N–H and O–H groups in total. The topological polar surface area (TPSA) is 46.3 Å². The van der Waals surface area contributed by atoms with Gasteiger partial charge in [0.05, 0.1) is 20.6 Å². The first-order valence-electron chi connectivity index (χ1n) is 5.61. The number of nitrogen functional groups attached to an aromatic ring is 1. The average Bonchev–Trinajstić information content (AvgIpc) is 2.73. The SMILES string of the molecule is Nc1cc2c(s1)C(=O)N(c1ccccc1Cl)CC2. The molecular formula is C13H11ClN2OS. The number of thiophene rings is 1. The quantitative estimate of drug-likeness (QED) is 0.871. The van der Waals surface area contributed by atoms with E-state index in [1.54, 1.807) is 11.0 Å². The number of amides is 1. The number of halogens is 1. The molecule has 5 heteroatoms. The summed E-state index contributed by atoms with van der Waals surface area (Å²) in [6, 6.07) is 9.29. The second-order valence-corrected chi connectivity index (χ2v) is 5.65. The molecule has 0 saturated carbocycles. The largest absolute Gasteiger partial charge is 0.391 e. The maximum Gasteiger partial charge on any atom is 0.268 e. The van der Waals surface area contributed by atoms with Crippen molar-refractivity contribution in [3.8, 4) is 0 Å². The van der Waals surface area contributed by atoms with E-state index >= 15 is 0 Å². The van der Waals surface area contributed by atoms with Gasteiger partial charge in [0.1, 0.15) is 0 Å². The highest BCUT2D eigenvalue weighted by atomic mass is 35.5. The van der Waals surface area contributed by atoms with Crippen LogP contribution < -0.4 is 10.6 Å². The van der Waals surface area contributed by atoms with Gasteiger partial charge in [-0.2, -0.15) is 0 Å². The van der Waals surface area contributed by atoms with E-state index in [9.17, 15) is 4.79 Å². The van der Waals surface area contributed by atoms with Crippen LogP contribution in [0.3, 0.4) is 0 Å².